The topological polar surface area (TPSA) is 26.3 Å². The standard InChI is InChI=1S/C26H50O2Si/c1-5-9-10-11-13-16-19-24-21-22-26(28-29(6-2,7-3)8-4)25(24)20-17-14-12-15-18-23-27/h16,19,23-26H,5-15,17-18,20-22H2,1-4H3/t24-,25+,26?/m0/s1. The minimum atomic E-state index is -1.54. The van der Waals surface area contributed by atoms with Crippen molar-refractivity contribution in [2.24, 2.45) is 11.8 Å². The van der Waals surface area contributed by atoms with E-state index in [0.717, 1.165) is 25.0 Å². The Hall–Kier alpha value is -0.413. The fourth-order valence-corrected chi connectivity index (χ4v) is 8.02. The molecule has 1 unspecified atom stereocenters. The van der Waals surface area contributed by atoms with Gasteiger partial charge in [0.05, 0.1) is 0 Å². The van der Waals surface area contributed by atoms with Crippen molar-refractivity contribution in [2.75, 3.05) is 0 Å². The third-order valence-electron chi connectivity index (χ3n) is 7.36. The average Bonchev–Trinajstić information content (AvgIpc) is 3.12. The van der Waals surface area contributed by atoms with E-state index in [0.29, 0.717) is 12.0 Å². The Labute approximate surface area is 183 Å². The Bertz CT molecular complexity index is 422. The molecule has 0 aromatic rings. The molecule has 0 radical (unpaired) electrons. The molecule has 1 fully saturated rings. The first kappa shape index (κ1) is 26.6. The minimum absolute atomic E-state index is 0.492. The third kappa shape index (κ3) is 9.96. The van der Waals surface area contributed by atoms with Crippen molar-refractivity contribution in [3.63, 3.8) is 0 Å². The van der Waals surface area contributed by atoms with E-state index in [2.05, 4.69) is 39.8 Å². The molecule has 0 amide bonds. The molecule has 0 saturated heterocycles. The highest BCUT2D eigenvalue weighted by Gasteiger charge is 2.40. The van der Waals surface area contributed by atoms with Gasteiger partial charge in [0, 0.05) is 12.5 Å². The molecule has 0 bridgehead atoms. The van der Waals surface area contributed by atoms with Crippen molar-refractivity contribution in [2.45, 2.75) is 135 Å². The number of carbonyl (C=O) groups is 1. The highest BCUT2D eigenvalue weighted by molar-refractivity contribution is 6.73. The van der Waals surface area contributed by atoms with Gasteiger partial charge in [-0.05, 0) is 68.5 Å². The number of carbonyl (C=O) groups excluding carboxylic acids is 1. The normalized spacial score (nSPS) is 22.6. The van der Waals surface area contributed by atoms with Crippen LogP contribution in [-0.4, -0.2) is 20.7 Å². The molecule has 0 heterocycles. The zero-order chi connectivity index (χ0) is 21.4. The van der Waals surface area contributed by atoms with E-state index in [9.17, 15) is 4.79 Å². The van der Waals surface area contributed by atoms with Crippen LogP contribution in [0.1, 0.15) is 111 Å². The molecule has 0 aromatic heterocycles. The van der Waals surface area contributed by atoms with Gasteiger partial charge in [-0.15, -0.1) is 0 Å². The minimum Gasteiger partial charge on any atom is -0.414 e. The molecular formula is C26H50O2Si. The van der Waals surface area contributed by atoms with E-state index in [-0.39, 0.29) is 0 Å². The summed E-state index contributed by atoms with van der Waals surface area (Å²) in [5, 5.41) is 0. The van der Waals surface area contributed by atoms with Gasteiger partial charge < -0.3 is 9.22 Å². The molecule has 1 aliphatic carbocycles. The zero-order valence-electron chi connectivity index (χ0n) is 20.1. The molecule has 170 valence electrons. The van der Waals surface area contributed by atoms with E-state index >= 15 is 0 Å². The van der Waals surface area contributed by atoms with Crippen LogP contribution < -0.4 is 0 Å². The number of rotatable bonds is 18. The van der Waals surface area contributed by atoms with Crippen LogP contribution >= 0.6 is 0 Å². The van der Waals surface area contributed by atoms with Crippen molar-refractivity contribution in [3.05, 3.63) is 12.2 Å². The molecule has 0 aliphatic heterocycles. The van der Waals surface area contributed by atoms with Crippen LogP contribution in [0.25, 0.3) is 0 Å². The highest BCUT2D eigenvalue weighted by Crippen LogP contribution is 2.41. The molecule has 1 aliphatic rings. The lowest BCUT2D eigenvalue weighted by molar-refractivity contribution is -0.107. The van der Waals surface area contributed by atoms with Crippen molar-refractivity contribution < 1.29 is 9.22 Å². The molecule has 1 saturated carbocycles. The van der Waals surface area contributed by atoms with Gasteiger partial charge in [0.2, 0.25) is 0 Å². The van der Waals surface area contributed by atoms with Crippen LogP contribution in [-0.2, 0) is 9.22 Å². The Morgan fingerprint density at radius 1 is 0.828 bits per heavy atom. The van der Waals surface area contributed by atoms with E-state index < -0.39 is 8.32 Å². The number of unbranched alkanes of at least 4 members (excludes halogenated alkanes) is 8. The predicted molar refractivity (Wildman–Crippen MR) is 130 cm³/mol. The van der Waals surface area contributed by atoms with Crippen LogP contribution in [0.3, 0.4) is 0 Å². The summed E-state index contributed by atoms with van der Waals surface area (Å²) in [6.45, 7) is 9.34. The molecule has 1 rings (SSSR count). The summed E-state index contributed by atoms with van der Waals surface area (Å²) in [6, 6.07) is 3.77. The van der Waals surface area contributed by atoms with Crippen molar-refractivity contribution in [1.82, 2.24) is 0 Å². The second-order valence-corrected chi connectivity index (χ2v) is 14.0. The summed E-state index contributed by atoms with van der Waals surface area (Å²) in [5.74, 6) is 1.43. The fourth-order valence-electron chi connectivity index (χ4n) is 5.09. The summed E-state index contributed by atoms with van der Waals surface area (Å²) in [5.41, 5.74) is 0. The maximum Gasteiger partial charge on any atom is 0.192 e. The maximum absolute atomic E-state index is 10.5. The van der Waals surface area contributed by atoms with Crippen LogP contribution in [0.2, 0.25) is 18.1 Å². The van der Waals surface area contributed by atoms with Crippen LogP contribution in [0.4, 0.5) is 0 Å². The highest BCUT2D eigenvalue weighted by atomic mass is 28.4. The third-order valence-corrected chi connectivity index (χ3v) is 12.0. The number of allylic oxidation sites excluding steroid dienone is 2. The summed E-state index contributed by atoms with van der Waals surface area (Å²) in [4.78, 5) is 10.5. The first-order valence-corrected chi connectivity index (χ1v) is 15.5. The first-order chi connectivity index (χ1) is 14.2. The predicted octanol–water partition coefficient (Wildman–Crippen LogP) is 8.47. The molecule has 3 atom stereocenters. The summed E-state index contributed by atoms with van der Waals surface area (Å²) in [7, 11) is -1.54. The Morgan fingerprint density at radius 2 is 1.48 bits per heavy atom. The summed E-state index contributed by atoms with van der Waals surface area (Å²) >= 11 is 0. The fraction of sp³-hybridized carbons (Fsp3) is 0.885. The second-order valence-electron chi connectivity index (χ2n) is 9.24. The molecule has 29 heavy (non-hydrogen) atoms. The molecule has 0 N–H and O–H groups in total. The number of aldehydes is 1. The van der Waals surface area contributed by atoms with Gasteiger partial charge in [-0.1, -0.05) is 78.4 Å². The molecule has 0 spiro atoms. The largest absolute Gasteiger partial charge is 0.414 e. The van der Waals surface area contributed by atoms with Gasteiger partial charge in [-0.2, -0.15) is 0 Å². The molecule has 2 nitrogen and oxygen atoms in total. The van der Waals surface area contributed by atoms with E-state index in [4.69, 9.17) is 4.43 Å². The van der Waals surface area contributed by atoms with Gasteiger partial charge in [0.25, 0.3) is 0 Å². The molecule has 0 aromatic carbocycles. The quantitative estimate of drug-likeness (QED) is 0.0958. The molecule has 3 heteroatoms. The second kappa shape index (κ2) is 16.3. The number of hydrogen-bond acceptors (Lipinski definition) is 2. The van der Waals surface area contributed by atoms with E-state index in [1.165, 1.54) is 88.8 Å². The van der Waals surface area contributed by atoms with Crippen LogP contribution in [0.15, 0.2) is 12.2 Å². The van der Waals surface area contributed by atoms with Gasteiger partial charge in [-0.3, -0.25) is 0 Å². The average molecular weight is 423 g/mol. The van der Waals surface area contributed by atoms with Gasteiger partial charge in [-0.25, -0.2) is 0 Å². The van der Waals surface area contributed by atoms with Crippen LogP contribution in [0.5, 0.6) is 0 Å². The lowest BCUT2D eigenvalue weighted by atomic mass is 9.88. The monoisotopic (exact) mass is 422 g/mol. The summed E-state index contributed by atoms with van der Waals surface area (Å²) < 4.78 is 7.00. The summed E-state index contributed by atoms with van der Waals surface area (Å²) in [6.07, 6.45) is 22.7. The maximum atomic E-state index is 10.5. The Kier molecular flexibility index (Phi) is 15.0. The van der Waals surface area contributed by atoms with E-state index in [1.54, 1.807) is 0 Å². The first-order valence-electron chi connectivity index (χ1n) is 12.9. The smallest absolute Gasteiger partial charge is 0.192 e. The molecular weight excluding hydrogens is 372 g/mol. The van der Waals surface area contributed by atoms with Crippen molar-refractivity contribution in [1.29, 1.82) is 0 Å². The number of hydrogen-bond donors (Lipinski definition) is 0. The SMILES string of the molecule is CCCCCCC=C[C@H]1CCC(O[Si](CC)(CC)CC)[C@@H]1CCCCCCC=O. The lowest BCUT2D eigenvalue weighted by Crippen LogP contribution is -2.41. The zero-order valence-corrected chi connectivity index (χ0v) is 21.1. The van der Waals surface area contributed by atoms with Gasteiger partial charge >= 0.3 is 0 Å². The Morgan fingerprint density at radius 3 is 2.14 bits per heavy atom. The van der Waals surface area contributed by atoms with Crippen molar-refractivity contribution >= 4 is 14.6 Å². The van der Waals surface area contributed by atoms with Gasteiger partial charge in [0.1, 0.15) is 6.29 Å². The lowest BCUT2D eigenvalue weighted by Gasteiger charge is -2.35. The van der Waals surface area contributed by atoms with Crippen LogP contribution in [0, 0.1) is 11.8 Å². The van der Waals surface area contributed by atoms with E-state index in [1.807, 2.05) is 0 Å². The van der Waals surface area contributed by atoms with Gasteiger partial charge in [0.15, 0.2) is 8.32 Å². The van der Waals surface area contributed by atoms with Crippen molar-refractivity contribution in [3.8, 4) is 0 Å². The Balaban J connectivity index is 2.63.